The number of nitrogens with one attached hydrogen (secondary N) is 1. The van der Waals surface area contributed by atoms with Crippen molar-refractivity contribution in [3.63, 3.8) is 0 Å². The summed E-state index contributed by atoms with van der Waals surface area (Å²) in [5.74, 6) is -1.73. The summed E-state index contributed by atoms with van der Waals surface area (Å²) in [4.78, 5) is 23.2. The Morgan fingerprint density at radius 2 is 1.94 bits per heavy atom. The molecule has 18 heavy (non-hydrogen) atoms. The van der Waals surface area contributed by atoms with E-state index in [4.69, 9.17) is 0 Å². The third kappa shape index (κ3) is 1.92. The van der Waals surface area contributed by atoms with Crippen LogP contribution in [0, 0.1) is 5.82 Å². The molecule has 0 unspecified atom stereocenters. The first-order chi connectivity index (χ1) is 8.65. The first-order valence-corrected chi connectivity index (χ1v) is 6.89. The molecule has 0 bridgehead atoms. The van der Waals surface area contributed by atoms with Gasteiger partial charge in [0.15, 0.2) is 0 Å². The Balaban J connectivity index is 1.90. The first-order valence-electron chi connectivity index (χ1n) is 6.01. The van der Waals surface area contributed by atoms with Gasteiger partial charge in [-0.05, 0) is 25.0 Å². The average Bonchev–Trinajstić information content (AvgIpc) is 2.92. The lowest BCUT2D eigenvalue weighted by Crippen LogP contribution is -2.12. The lowest BCUT2D eigenvalue weighted by atomic mass is 10.1. The van der Waals surface area contributed by atoms with Crippen LogP contribution in [0.1, 0.15) is 36.0 Å². The number of rotatable bonds is 2. The highest BCUT2D eigenvalue weighted by atomic mass is 32.2. The smallest absolute Gasteiger partial charge is 0.296 e. The predicted molar refractivity (Wildman–Crippen MR) is 67.5 cm³/mol. The number of carbonyl (C=O) groups excluding carboxylic acids is 2. The maximum atomic E-state index is 13.9. The van der Waals surface area contributed by atoms with Gasteiger partial charge < -0.3 is 5.32 Å². The van der Waals surface area contributed by atoms with Gasteiger partial charge in [-0.25, -0.2) is 4.39 Å². The normalized spacial score (nSPS) is 19.2. The Kier molecular flexibility index (Phi) is 2.86. The van der Waals surface area contributed by atoms with Gasteiger partial charge in [-0.15, -0.1) is 11.8 Å². The standard InChI is InChI=1S/C13H12FNO2S/c14-9-5-8-10(15-13(17)12(8)16)6-11(9)18-7-3-1-2-4-7/h5-7H,1-4H2,(H,15,16,17). The summed E-state index contributed by atoms with van der Waals surface area (Å²) in [6, 6.07) is 2.75. The second-order valence-corrected chi connectivity index (χ2v) is 5.98. The van der Waals surface area contributed by atoms with E-state index in [0.29, 0.717) is 15.8 Å². The Hall–Kier alpha value is -1.36. The van der Waals surface area contributed by atoms with E-state index in [2.05, 4.69) is 5.32 Å². The van der Waals surface area contributed by atoms with Crippen LogP contribution in [-0.2, 0) is 4.79 Å². The van der Waals surface area contributed by atoms with Crippen LogP contribution in [0.15, 0.2) is 17.0 Å². The van der Waals surface area contributed by atoms with Crippen LogP contribution in [0.3, 0.4) is 0 Å². The van der Waals surface area contributed by atoms with Gasteiger partial charge in [0.05, 0.1) is 11.3 Å². The molecule has 1 amide bonds. The van der Waals surface area contributed by atoms with E-state index in [-0.39, 0.29) is 5.56 Å². The lowest BCUT2D eigenvalue weighted by molar-refractivity contribution is -0.112. The summed E-state index contributed by atoms with van der Waals surface area (Å²) in [7, 11) is 0. The van der Waals surface area contributed by atoms with Crippen molar-refractivity contribution in [2.24, 2.45) is 0 Å². The fourth-order valence-electron chi connectivity index (χ4n) is 2.42. The third-order valence-corrected chi connectivity index (χ3v) is 4.74. The van der Waals surface area contributed by atoms with Gasteiger partial charge in [-0.2, -0.15) is 0 Å². The van der Waals surface area contributed by atoms with Crippen molar-refractivity contribution in [3.05, 3.63) is 23.5 Å². The van der Waals surface area contributed by atoms with Crippen molar-refractivity contribution in [1.82, 2.24) is 0 Å². The maximum absolute atomic E-state index is 13.9. The van der Waals surface area contributed by atoms with Crippen LogP contribution in [0.25, 0.3) is 0 Å². The molecule has 0 aromatic heterocycles. The molecule has 1 aliphatic carbocycles. The summed E-state index contributed by atoms with van der Waals surface area (Å²) >= 11 is 1.51. The molecular weight excluding hydrogens is 253 g/mol. The molecule has 1 aromatic rings. The highest BCUT2D eigenvalue weighted by molar-refractivity contribution is 8.00. The van der Waals surface area contributed by atoms with Crippen LogP contribution in [0.5, 0.6) is 0 Å². The average molecular weight is 265 g/mol. The Morgan fingerprint density at radius 1 is 1.22 bits per heavy atom. The number of halogens is 1. The van der Waals surface area contributed by atoms with Crippen LogP contribution >= 0.6 is 11.8 Å². The van der Waals surface area contributed by atoms with Gasteiger partial charge in [0, 0.05) is 10.1 Å². The summed E-state index contributed by atoms with van der Waals surface area (Å²) < 4.78 is 13.9. The highest BCUT2D eigenvalue weighted by Gasteiger charge is 2.30. The minimum absolute atomic E-state index is 0.147. The molecule has 94 valence electrons. The molecule has 1 saturated carbocycles. The second-order valence-electron chi connectivity index (χ2n) is 4.64. The maximum Gasteiger partial charge on any atom is 0.296 e. The van der Waals surface area contributed by atoms with E-state index >= 15 is 0 Å². The van der Waals surface area contributed by atoms with Crippen molar-refractivity contribution < 1.29 is 14.0 Å². The molecule has 0 saturated heterocycles. The van der Waals surface area contributed by atoms with Crippen LogP contribution in [-0.4, -0.2) is 16.9 Å². The summed E-state index contributed by atoms with van der Waals surface area (Å²) in [5.41, 5.74) is 0.583. The predicted octanol–water partition coefficient (Wildman–Crippen LogP) is 3.00. The zero-order valence-electron chi connectivity index (χ0n) is 9.66. The number of ketones is 1. The van der Waals surface area contributed by atoms with Crippen molar-refractivity contribution in [3.8, 4) is 0 Å². The molecule has 0 spiro atoms. The molecule has 3 rings (SSSR count). The van der Waals surface area contributed by atoms with Crippen molar-refractivity contribution in [2.45, 2.75) is 35.8 Å². The molecule has 0 radical (unpaired) electrons. The monoisotopic (exact) mass is 265 g/mol. The van der Waals surface area contributed by atoms with E-state index in [1.807, 2.05) is 0 Å². The van der Waals surface area contributed by atoms with E-state index in [1.54, 1.807) is 6.07 Å². The number of Topliss-reactive ketones (excluding diaryl/α,β-unsaturated/α-hetero) is 1. The molecule has 5 heteroatoms. The van der Waals surface area contributed by atoms with Gasteiger partial charge in [0.1, 0.15) is 5.82 Å². The lowest BCUT2D eigenvalue weighted by Gasteiger charge is -2.10. The van der Waals surface area contributed by atoms with Gasteiger partial charge in [-0.3, -0.25) is 9.59 Å². The zero-order chi connectivity index (χ0) is 12.7. The molecule has 1 heterocycles. The molecule has 2 aliphatic rings. The van der Waals surface area contributed by atoms with E-state index in [0.717, 1.165) is 12.8 Å². The number of anilines is 1. The number of hydrogen-bond donors (Lipinski definition) is 1. The van der Waals surface area contributed by atoms with Crippen molar-refractivity contribution >= 4 is 29.1 Å². The SMILES string of the molecule is O=C1Nc2cc(SC3CCCC3)c(F)cc2C1=O. The number of carbonyl (C=O) groups is 2. The molecule has 1 aromatic carbocycles. The van der Waals surface area contributed by atoms with Crippen molar-refractivity contribution in [2.75, 3.05) is 5.32 Å². The molecular formula is C13H12FNO2S. The van der Waals surface area contributed by atoms with Crippen LogP contribution in [0.4, 0.5) is 10.1 Å². The largest absolute Gasteiger partial charge is 0.318 e. The molecule has 0 atom stereocenters. The number of fused-ring (bicyclic) bond motifs is 1. The van der Waals surface area contributed by atoms with E-state index < -0.39 is 17.5 Å². The minimum Gasteiger partial charge on any atom is -0.318 e. The molecule has 1 aliphatic heterocycles. The zero-order valence-corrected chi connectivity index (χ0v) is 10.5. The second kappa shape index (κ2) is 4.39. The third-order valence-electron chi connectivity index (χ3n) is 3.37. The number of benzene rings is 1. The number of hydrogen-bond acceptors (Lipinski definition) is 3. The van der Waals surface area contributed by atoms with Crippen LogP contribution in [0.2, 0.25) is 0 Å². The van der Waals surface area contributed by atoms with Gasteiger partial charge >= 0.3 is 0 Å². The number of thioether (sulfide) groups is 1. The fraction of sp³-hybridized carbons (Fsp3) is 0.385. The summed E-state index contributed by atoms with van der Waals surface area (Å²) in [5, 5.41) is 2.92. The summed E-state index contributed by atoms with van der Waals surface area (Å²) in [6.07, 6.45) is 4.60. The highest BCUT2D eigenvalue weighted by Crippen LogP contribution is 2.38. The van der Waals surface area contributed by atoms with Crippen molar-refractivity contribution in [1.29, 1.82) is 0 Å². The van der Waals surface area contributed by atoms with E-state index in [9.17, 15) is 14.0 Å². The Labute approximate surface area is 108 Å². The minimum atomic E-state index is -0.674. The Bertz CT molecular complexity index is 538. The van der Waals surface area contributed by atoms with Gasteiger partial charge in [-0.1, -0.05) is 12.8 Å². The van der Waals surface area contributed by atoms with Gasteiger partial charge in [0.2, 0.25) is 0 Å². The summed E-state index contributed by atoms with van der Waals surface area (Å²) in [6.45, 7) is 0. The first kappa shape index (κ1) is 11.7. The number of amides is 1. The topological polar surface area (TPSA) is 46.2 Å². The Morgan fingerprint density at radius 3 is 2.67 bits per heavy atom. The molecule has 1 fully saturated rings. The van der Waals surface area contributed by atoms with Gasteiger partial charge in [0.25, 0.3) is 11.7 Å². The quantitative estimate of drug-likeness (QED) is 0.836. The molecule has 3 nitrogen and oxygen atoms in total. The van der Waals surface area contributed by atoms with Crippen LogP contribution < -0.4 is 5.32 Å². The van der Waals surface area contributed by atoms with E-state index in [1.165, 1.54) is 30.7 Å². The molecule has 1 N–H and O–H groups in total. The fourth-order valence-corrected chi connectivity index (χ4v) is 3.71.